The van der Waals surface area contributed by atoms with Gasteiger partial charge in [0.15, 0.2) is 0 Å². The summed E-state index contributed by atoms with van der Waals surface area (Å²) in [5.41, 5.74) is 10.1. The Hall–Kier alpha value is -1.98. The number of nitrogen functional groups attached to an aromatic ring is 1. The number of halogens is 2. The Morgan fingerprint density at radius 2 is 2.09 bits per heavy atom. The van der Waals surface area contributed by atoms with Crippen molar-refractivity contribution in [3.8, 4) is 0 Å². The number of nitrogens with two attached hydrogens (primary N) is 1. The molecule has 0 saturated heterocycles. The van der Waals surface area contributed by atoms with E-state index in [0.29, 0.717) is 11.6 Å². The number of non-ortho nitro benzene ring substituents is 1. The lowest BCUT2D eigenvalue weighted by atomic mass is 9.99. The predicted octanol–water partition coefficient (Wildman–Crippen LogP) is 4.21. The third-order valence-electron chi connectivity index (χ3n) is 3.99. The van der Waals surface area contributed by atoms with Crippen LogP contribution in [0.4, 0.5) is 17.1 Å². The number of benzene rings is 2. The Bertz CT molecular complexity index is 737. The second kappa shape index (κ2) is 7.06. The van der Waals surface area contributed by atoms with Crippen molar-refractivity contribution in [2.75, 3.05) is 17.2 Å². The van der Waals surface area contributed by atoms with Crippen LogP contribution < -0.4 is 10.6 Å². The van der Waals surface area contributed by atoms with Crippen LogP contribution in [-0.2, 0) is 13.0 Å². The Balaban J connectivity index is 0.00000192. The predicted molar refractivity (Wildman–Crippen MR) is 95.6 cm³/mol. The lowest BCUT2D eigenvalue weighted by Crippen LogP contribution is -2.29. The third kappa shape index (κ3) is 3.51. The molecular weight excluding hydrogens is 337 g/mol. The number of anilines is 2. The normalized spacial score (nSPS) is 13.2. The highest BCUT2D eigenvalue weighted by atomic mass is 35.5. The van der Waals surface area contributed by atoms with E-state index in [2.05, 4.69) is 11.0 Å². The topological polar surface area (TPSA) is 72.4 Å². The number of rotatable bonds is 3. The maximum Gasteiger partial charge on any atom is 0.270 e. The van der Waals surface area contributed by atoms with Crippen LogP contribution in [0, 0.1) is 10.1 Å². The van der Waals surface area contributed by atoms with E-state index in [4.69, 9.17) is 17.3 Å². The average Bonchev–Trinajstić information content (AvgIpc) is 2.50. The number of nitro groups is 1. The van der Waals surface area contributed by atoms with E-state index < -0.39 is 4.92 Å². The van der Waals surface area contributed by atoms with Crippen LogP contribution in [0.25, 0.3) is 0 Å². The van der Waals surface area contributed by atoms with Crippen molar-refractivity contribution in [3.63, 3.8) is 0 Å². The second-order valence-corrected chi connectivity index (χ2v) is 5.81. The first-order valence-electron chi connectivity index (χ1n) is 7.11. The van der Waals surface area contributed by atoms with Crippen LogP contribution >= 0.6 is 24.0 Å². The quantitative estimate of drug-likeness (QED) is 0.509. The zero-order valence-electron chi connectivity index (χ0n) is 12.4. The van der Waals surface area contributed by atoms with E-state index in [1.807, 2.05) is 12.1 Å². The summed E-state index contributed by atoms with van der Waals surface area (Å²) in [5, 5.41) is 11.2. The molecule has 0 bridgehead atoms. The van der Waals surface area contributed by atoms with E-state index >= 15 is 0 Å². The Labute approximate surface area is 145 Å². The summed E-state index contributed by atoms with van der Waals surface area (Å²) < 4.78 is 0. The van der Waals surface area contributed by atoms with Crippen molar-refractivity contribution in [2.24, 2.45) is 0 Å². The Morgan fingerprint density at radius 1 is 1.30 bits per heavy atom. The summed E-state index contributed by atoms with van der Waals surface area (Å²) in [6, 6.07) is 10.5. The third-order valence-corrected chi connectivity index (χ3v) is 4.34. The van der Waals surface area contributed by atoms with Gasteiger partial charge in [-0.3, -0.25) is 10.1 Å². The highest BCUT2D eigenvalue weighted by molar-refractivity contribution is 6.31. The van der Waals surface area contributed by atoms with E-state index in [9.17, 15) is 10.1 Å². The molecule has 0 spiro atoms. The van der Waals surface area contributed by atoms with E-state index in [1.165, 1.54) is 17.7 Å². The minimum absolute atomic E-state index is 0. The standard InChI is InChI=1S/C16H16ClN3O2.ClH/c17-14-9-12(20(21)22)7-6-11(14)10-19-8-2-3-13-15(18)4-1-5-16(13)19;/h1,4-7,9H,2-3,8,10,18H2;1H. The number of nitro benzene ring substituents is 1. The lowest BCUT2D eigenvalue weighted by molar-refractivity contribution is -0.384. The molecule has 1 heterocycles. The molecule has 5 nitrogen and oxygen atoms in total. The van der Waals surface area contributed by atoms with E-state index in [1.54, 1.807) is 6.07 Å². The summed E-state index contributed by atoms with van der Waals surface area (Å²) in [4.78, 5) is 12.6. The molecule has 0 radical (unpaired) electrons. The van der Waals surface area contributed by atoms with Crippen molar-refractivity contribution in [1.29, 1.82) is 0 Å². The summed E-state index contributed by atoms with van der Waals surface area (Å²) in [6.07, 6.45) is 2.01. The van der Waals surface area contributed by atoms with Gasteiger partial charge in [0.05, 0.1) is 9.95 Å². The van der Waals surface area contributed by atoms with Crippen LogP contribution in [0.15, 0.2) is 36.4 Å². The molecule has 0 aliphatic carbocycles. The van der Waals surface area contributed by atoms with Crippen molar-refractivity contribution >= 4 is 41.1 Å². The van der Waals surface area contributed by atoms with Gasteiger partial charge >= 0.3 is 0 Å². The van der Waals surface area contributed by atoms with E-state index in [-0.39, 0.29) is 18.1 Å². The van der Waals surface area contributed by atoms with Gasteiger partial charge in [0.1, 0.15) is 0 Å². The molecule has 7 heteroatoms. The fourth-order valence-electron chi connectivity index (χ4n) is 2.88. The summed E-state index contributed by atoms with van der Waals surface area (Å²) in [5.74, 6) is 0. The molecule has 0 unspecified atom stereocenters. The molecule has 2 aromatic rings. The van der Waals surface area contributed by atoms with Gasteiger partial charge in [0, 0.05) is 36.6 Å². The SMILES string of the molecule is Cl.Nc1cccc2c1CCCN2Cc1ccc([N+](=O)[O-])cc1Cl. The van der Waals surface area contributed by atoms with Gasteiger partial charge in [-0.05, 0) is 42.2 Å². The van der Waals surface area contributed by atoms with Crippen LogP contribution in [0.2, 0.25) is 5.02 Å². The lowest BCUT2D eigenvalue weighted by Gasteiger charge is -2.32. The van der Waals surface area contributed by atoms with Gasteiger partial charge in [-0.25, -0.2) is 0 Å². The maximum atomic E-state index is 10.8. The Morgan fingerprint density at radius 3 is 2.78 bits per heavy atom. The Kier molecular flexibility index (Phi) is 5.34. The number of fused-ring (bicyclic) bond motifs is 1. The van der Waals surface area contributed by atoms with Crippen LogP contribution in [-0.4, -0.2) is 11.5 Å². The molecule has 0 atom stereocenters. The molecule has 1 aliphatic rings. The summed E-state index contributed by atoms with van der Waals surface area (Å²) in [7, 11) is 0. The molecule has 0 saturated carbocycles. The first-order valence-corrected chi connectivity index (χ1v) is 7.49. The number of nitrogens with zero attached hydrogens (tertiary/aromatic N) is 2. The fourth-order valence-corrected chi connectivity index (χ4v) is 3.11. The van der Waals surface area contributed by atoms with Crippen molar-refractivity contribution in [3.05, 3.63) is 62.7 Å². The molecule has 0 amide bonds. The van der Waals surface area contributed by atoms with Crippen LogP contribution in [0.3, 0.4) is 0 Å². The van der Waals surface area contributed by atoms with Gasteiger partial charge in [-0.2, -0.15) is 0 Å². The molecule has 2 aromatic carbocycles. The second-order valence-electron chi connectivity index (χ2n) is 5.40. The first kappa shape index (κ1) is 17.4. The maximum absolute atomic E-state index is 10.8. The fraction of sp³-hybridized carbons (Fsp3) is 0.250. The zero-order chi connectivity index (χ0) is 15.7. The summed E-state index contributed by atoms with van der Waals surface area (Å²) >= 11 is 6.20. The molecule has 0 fully saturated rings. The number of hydrogen-bond acceptors (Lipinski definition) is 4. The minimum Gasteiger partial charge on any atom is -0.398 e. The van der Waals surface area contributed by atoms with E-state index in [0.717, 1.165) is 36.3 Å². The van der Waals surface area contributed by atoms with Gasteiger partial charge in [0.2, 0.25) is 0 Å². The largest absolute Gasteiger partial charge is 0.398 e. The van der Waals surface area contributed by atoms with Gasteiger partial charge in [-0.15, -0.1) is 12.4 Å². The smallest absolute Gasteiger partial charge is 0.270 e. The molecule has 122 valence electrons. The van der Waals surface area contributed by atoms with Gasteiger partial charge < -0.3 is 10.6 Å². The van der Waals surface area contributed by atoms with Crippen molar-refractivity contribution in [2.45, 2.75) is 19.4 Å². The molecule has 3 rings (SSSR count). The molecule has 1 aliphatic heterocycles. The summed E-state index contributed by atoms with van der Waals surface area (Å²) in [6.45, 7) is 1.54. The van der Waals surface area contributed by atoms with Crippen molar-refractivity contribution in [1.82, 2.24) is 0 Å². The molecule has 23 heavy (non-hydrogen) atoms. The number of hydrogen-bond donors (Lipinski definition) is 1. The van der Waals surface area contributed by atoms with Gasteiger partial charge in [-0.1, -0.05) is 17.7 Å². The van der Waals surface area contributed by atoms with Gasteiger partial charge in [0.25, 0.3) is 5.69 Å². The van der Waals surface area contributed by atoms with Crippen LogP contribution in [0.5, 0.6) is 0 Å². The zero-order valence-corrected chi connectivity index (χ0v) is 13.9. The first-order chi connectivity index (χ1) is 10.6. The minimum atomic E-state index is -0.438. The van der Waals surface area contributed by atoms with Crippen LogP contribution in [0.1, 0.15) is 17.5 Å². The highest BCUT2D eigenvalue weighted by Gasteiger charge is 2.20. The average molecular weight is 354 g/mol. The monoisotopic (exact) mass is 353 g/mol. The highest BCUT2D eigenvalue weighted by Crippen LogP contribution is 2.33. The molecule has 2 N–H and O–H groups in total. The molecule has 0 aromatic heterocycles. The van der Waals surface area contributed by atoms with Crippen molar-refractivity contribution < 1.29 is 4.92 Å². The molecular formula is C16H17Cl2N3O2.